The lowest BCUT2D eigenvalue weighted by Crippen LogP contribution is -2.46. The fraction of sp³-hybridized carbons (Fsp3) is 0.923. The van der Waals surface area contributed by atoms with Crippen molar-refractivity contribution in [3.63, 3.8) is 0 Å². The van der Waals surface area contributed by atoms with Gasteiger partial charge in [-0.15, -0.1) is 0 Å². The van der Waals surface area contributed by atoms with Crippen molar-refractivity contribution < 1.29 is 4.79 Å². The molecule has 0 spiro atoms. The van der Waals surface area contributed by atoms with E-state index < -0.39 is 0 Å². The van der Waals surface area contributed by atoms with Crippen LogP contribution in [0.25, 0.3) is 0 Å². The first-order valence-corrected chi connectivity index (χ1v) is 7.15. The van der Waals surface area contributed by atoms with Crippen LogP contribution in [0.2, 0.25) is 0 Å². The van der Waals surface area contributed by atoms with E-state index in [1.807, 2.05) is 0 Å². The molecule has 0 bridgehead atoms. The van der Waals surface area contributed by atoms with Gasteiger partial charge in [0.15, 0.2) is 0 Å². The van der Waals surface area contributed by atoms with Crippen LogP contribution in [0.15, 0.2) is 0 Å². The molecule has 18 heavy (non-hydrogen) atoms. The van der Waals surface area contributed by atoms with Crippen LogP contribution in [0.3, 0.4) is 0 Å². The summed E-state index contributed by atoms with van der Waals surface area (Å²) in [5, 5.41) is 6.36. The highest BCUT2D eigenvalue weighted by molar-refractivity contribution is 5.80. The summed E-state index contributed by atoms with van der Waals surface area (Å²) in [6.45, 7) is 8.49. The van der Waals surface area contributed by atoms with Crippen molar-refractivity contribution in [3.05, 3.63) is 0 Å². The van der Waals surface area contributed by atoms with Gasteiger partial charge in [-0.2, -0.15) is 0 Å². The van der Waals surface area contributed by atoms with E-state index in [0.717, 1.165) is 39.0 Å². The number of nitrogens with one attached hydrogen (secondary N) is 2. The lowest BCUT2D eigenvalue weighted by Gasteiger charge is -2.32. The van der Waals surface area contributed by atoms with E-state index in [-0.39, 0.29) is 5.91 Å². The fourth-order valence-electron chi connectivity index (χ4n) is 2.20. The first kappa shape index (κ1) is 13.8. The molecule has 0 radical (unpaired) electrons. The molecule has 0 aromatic carbocycles. The lowest BCUT2D eigenvalue weighted by molar-refractivity contribution is -0.122. The highest BCUT2D eigenvalue weighted by Crippen LogP contribution is 2.28. The Hall–Kier alpha value is -0.650. The third-order valence-corrected chi connectivity index (χ3v) is 3.75. The topological polar surface area (TPSA) is 47.6 Å². The van der Waals surface area contributed by atoms with Crippen LogP contribution in [0, 0.1) is 5.92 Å². The molecule has 1 amide bonds. The van der Waals surface area contributed by atoms with Crippen molar-refractivity contribution in [1.29, 1.82) is 0 Å². The van der Waals surface area contributed by atoms with Gasteiger partial charge in [0.05, 0.1) is 0 Å². The van der Waals surface area contributed by atoms with Crippen LogP contribution < -0.4 is 10.6 Å². The minimum Gasteiger partial charge on any atom is -0.355 e. The molecule has 0 aromatic heterocycles. The number of carbonyl (C=O) groups is 1. The molecule has 2 rings (SSSR count). The first-order valence-electron chi connectivity index (χ1n) is 7.15. The van der Waals surface area contributed by atoms with Gasteiger partial charge >= 0.3 is 0 Å². The van der Waals surface area contributed by atoms with Crippen molar-refractivity contribution in [2.24, 2.45) is 5.92 Å². The minimum absolute atomic E-state index is 0.246. The molecule has 104 valence electrons. The molecule has 0 atom stereocenters. The number of hydrogen-bond acceptors (Lipinski definition) is 4. The maximum Gasteiger partial charge on any atom is 0.223 e. The van der Waals surface area contributed by atoms with Gasteiger partial charge in [0, 0.05) is 58.3 Å². The summed E-state index contributed by atoms with van der Waals surface area (Å²) >= 11 is 0. The zero-order chi connectivity index (χ0) is 12.8. The Balaban J connectivity index is 1.40. The summed E-state index contributed by atoms with van der Waals surface area (Å²) in [5.74, 6) is 0.575. The molecule has 0 unspecified atom stereocenters. The largest absolute Gasteiger partial charge is 0.355 e. The minimum atomic E-state index is 0.246. The van der Waals surface area contributed by atoms with Gasteiger partial charge < -0.3 is 15.5 Å². The molecule has 2 aliphatic rings. The van der Waals surface area contributed by atoms with E-state index in [9.17, 15) is 4.79 Å². The van der Waals surface area contributed by atoms with Crippen LogP contribution in [0.5, 0.6) is 0 Å². The standard InChI is InChI=1S/C13H26N4O/c1-16-8-10-17(11-9-16)7-6-14-4-5-15-13(18)12-2-3-12/h12,14H,2-11H2,1H3,(H,15,18). The average Bonchev–Trinajstić information content (AvgIpc) is 3.19. The number of nitrogens with zero attached hydrogens (tertiary/aromatic N) is 2. The van der Waals surface area contributed by atoms with Crippen LogP contribution in [0.1, 0.15) is 12.8 Å². The smallest absolute Gasteiger partial charge is 0.223 e. The summed E-state index contributed by atoms with van der Waals surface area (Å²) in [5.41, 5.74) is 0. The molecular weight excluding hydrogens is 228 g/mol. The number of amides is 1. The fourth-order valence-corrected chi connectivity index (χ4v) is 2.20. The van der Waals surface area contributed by atoms with E-state index in [2.05, 4.69) is 27.5 Å². The van der Waals surface area contributed by atoms with Crippen LogP contribution >= 0.6 is 0 Å². The Bertz CT molecular complexity index is 260. The second kappa shape index (κ2) is 7.07. The zero-order valence-corrected chi connectivity index (χ0v) is 11.5. The summed E-state index contributed by atoms with van der Waals surface area (Å²) in [6, 6.07) is 0. The molecule has 5 nitrogen and oxygen atoms in total. The van der Waals surface area contributed by atoms with E-state index in [4.69, 9.17) is 0 Å². The van der Waals surface area contributed by atoms with Gasteiger partial charge in [0.1, 0.15) is 0 Å². The number of carbonyl (C=O) groups excluding carboxylic acids is 1. The second-order valence-corrected chi connectivity index (χ2v) is 5.46. The second-order valence-electron chi connectivity index (χ2n) is 5.46. The van der Waals surface area contributed by atoms with Gasteiger partial charge in [0.2, 0.25) is 5.91 Å². The molecule has 2 fully saturated rings. The molecule has 1 aliphatic heterocycles. The molecule has 5 heteroatoms. The van der Waals surface area contributed by atoms with E-state index in [1.165, 1.54) is 26.2 Å². The van der Waals surface area contributed by atoms with Crippen molar-refractivity contribution in [1.82, 2.24) is 20.4 Å². The van der Waals surface area contributed by atoms with Crippen molar-refractivity contribution in [2.45, 2.75) is 12.8 Å². The van der Waals surface area contributed by atoms with Crippen LogP contribution in [-0.4, -0.2) is 75.1 Å². The summed E-state index contributed by atoms with van der Waals surface area (Å²) in [7, 11) is 2.18. The molecule has 2 N–H and O–H groups in total. The monoisotopic (exact) mass is 254 g/mol. The number of likely N-dealkylation sites (N-methyl/N-ethyl adjacent to an activating group) is 1. The molecule has 0 aromatic rings. The maximum atomic E-state index is 11.4. The Morgan fingerprint density at radius 1 is 1.11 bits per heavy atom. The number of rotatable bonds is 7. The molecule has 1 heterocycles. The predicted molar refractivity (Wildman–Crippen MR) is 72.5 cm³/mol. The van der Waals surface area contributed by atoms with Crippen LogP contribution in [0.4, 0.5) is 0 Å². The highest BCUT2D eigenvalue weighted by Gasteiger charge is 2.28. The quantitative estimate of drug-likeness (QED) is 0.593. The third kappa shape index (κ3) is 4.92. The Morgan fingerprint density at radius 3 is 2.50 bits per heavy atom. The normalized spacial score (nSPS) is 22.1. The Morgan fingerprint density at radius 2 is 1.83 bits per heavy atom. The van der Waals surface area contributed by atoms with Crippen molar-refractivity contribution in [3.8, 4) is 0 Å². The molecule has 1 saturated heterocycles. The van der Waals surface area contributed by atoms with Gasteiger partial charge in [-0.05, 0) is 19.9 Å². The first-order chi connectivity index (χ1) is 8.75. The Labute approximate surface area is 110 Å². The van der Waals surface area contributed by atoms with Crippen molar-refractivity contribution in [2.75, 3.05) is 59.4 Å². The van der Waals surface area contributed by atoms with Gasteiger partial charge in [-0.1, -0.05) is 0 Å². The Kier molecular flexibility index (Phi) is 5.41. The van der Waals surface area contributed by atoms with E-state index >= 15 is 0 Å². The summed E-state index contributed by atoms with van der Waals surface area (Å²) in [4.78, 5) is 16.2. The third-order valence-electron chi connectivity index (χ3n) is 3.75. The zero-order valence-electron chi connectivity index (χ0n) is 11.5. The van der Waals surface area contributed by atoms with E-state index in [1.54, 1.807) is 0 Å². The molecular formula is C13H26N4O. The average molecular weight is 254 g/mol. The molecule has 1 aliphatic carbocycles. The molecule has 1 saturated carbocycles. The number of hydrogen-bond donors (Lipinski definition) is 2. The van der Waals surface area contributed by atoms with E-state index in [0.29, 0.717) is 5.92 Å². The highest BCUT2D eigenvalue weighted by atomic mass is 16.2. The summed E-state index contributed by atoms with van der Waals surface area (Å²) < 4.78 is 0. The number of piperazine rings is 1. The maximum absolute atomic E-state index is 11.4. The van der Waals surface area contributed by atoms with Gasteiger partial charge in [-0.3, -0.25) is 9.69 Å². The SMILES string of the molecule is CN1CCN(CCNCCNC(=O)C2CC2)CC1. The lowest BCUT2D eigenvalue weighted by atomic mass is 10.3. The predicted octanol–water partition coefficient (Wildman–Crippen LogP) is -0.650. The van der Waals surface area contributed by atoms with Gasteiger partial charge in [-0.25, -0.2) is 0 Å². The van der Waals surface area contributed by atoms with Crippen LogP contribution in [-0.2, 0) is 4.79 Å². The summed E-state index contributed by atoms with van der Waals surface area (Å²) in [6.07, 6.45) is 2.17. The van der Waals surface area contributed by atoms with Gasteiger partial charge in [0.25, 0.3) is 0 Å². The van der Waals surface area contributed by atoms with Crippen molar-refractivity contribution >= 4 is 5.91 Å².